The van der Waals surface area contributed by atoms with Crippen LogP contribution in [0.3, 0.4) is 0 Å². The predicted octanol–water partition coefficient (Wildman–Crippen LogP) is 7.42. The van der Waals surface area contributed by atoms with E-state index in [9.17, 15) is 4.79 Å². The monoisotopic (exact) mass is 516 g/mol. The minimum atomic E-state index is -0.191. The van der Waals surface area contributed by atoms with Crippen molar-refractivity contribution >= 4 is 45.8 Å². The van der Waals surface area contributed by atoms with Crippen molar-refractivity contribution in [3.8, 4) is 0 Å². The van der Waals surface area contributed by atoms with E-state index < -0.39 is 0 Å². The molecule has 182 valence electrons. The van der Waals surface area contributed by atoms with Crippen molar-refractivity contribution in [1.82, 2.24) is 14.3 Å². The molecular weight excluding hydrogens is 491 g/mol. The molecule has 0 spiro atoms. The Bertz CT molecular complexity index is 1580. The van der Waals surface area contributed by atoms with Gasteiger partial charge in [0.25, 0.3) is 5.91 Å². The number of rotatable bonds is 6. The normalized spacial score (nSPS) is 11.2. The van der Waals surface area contributed by atoms with Gasteiger partial charge in [-0.25, -0.2) is 0 Å². The number of nitrogens with zero attached hydrogens (tertiary/aromatic N) is 3. The Morgan fingerprint density at radius 3 is 2.39 bits per heavy atom. The highest BCUT2D eigenvalue weighted by molar-refractivity contribution is 6.42. The lowest BCUT2D eigenvalue weighted by Crippen LogP contribution is -2.13. The van der Waals surface area contributed by atoms with E-state index in [1.54, 1.807) is 6.07 Å². The number of aromatic nitrogens is 3. The molecule has 3 aromatic carbocycles. The molecule has 5 nitrogen and oxygen atoms in total. The van der Waals surface area contributed by atoms with Crippen LogP contribution in [0.25, 0.3) is 10.9 Å². The number of amides is 1. The summed E-state index contributed by atoms with van der Waals surface area (Å²) in [6, 6.07) is 23.6. The summed E-state index contributed by atoms with van der Waals surface area (Å²) in [6.07, 6.45) is 0. The molecule has 0 aliphatic rings. The average molecular weight is 517 g/mol. The fourth-order valence-electron chi connectivity index (χ4n) is 4.49. The van der Waals surface area contributed by atoms with Crippen LogP contribution >= 0.6 is 23.2 Å². The Kier molecular flexibility index (Phi) is 6.61. The van der Waals surface area contributed by atoms with E-state index in [-0.39, 0.29) is 5.91 Å². The highest BCUT2D eigenvalue weighted by atomic mass is 35.5. The van der Waals surface area contributed by atoms with Crippen molar-refractivity contribution in [3.63, 3.8) is 0 Å². The molecule has 0 atom stereocenters. The Labute approximate surface area is 220 Å². The minimum Gasteiger partial charge on any atom is -0.340 e. The van der Waals surface area contributed by atoms with Crippen LogP contribution in [-0.4, -0.2) is 20.3 Å². The second-order valence-corrected chi connectivity index (χ2v) is 9.86. The Hall–Kier alpha value is -3.54. The molecule has 0 saturated heterocycles. The number of hydrogen-bond acceptors (Lipinski definition) is 2. The number of nitrogens with one attached hydrogen (secondary N) is 1. The lowest BCUT2D eigenvalue weighted by Gasteiger charge is -2.09. The Morgan fingerprint density at radius 2 is 1.64 bits per heavy atom. The van der Waals surface area contributed by atoms with Crippen LogP contribution in [0.2, 0.25) is 10.0 Å². The summed E-state index contributed by atoms with van der Waals surface area (Å²) in [7, 11) is 0. The molecule has 0 saturated carbocycles. The van der Waals surface area contributed by atoms with Crippen LogP contribution in [0.1, 0.15) is 38.4 Å². The first kappa shape index (κ1) is 24.2. The maximum absolute atomic E-state index is 13.1. The first-order chi connectivity index (χ1) is 17.3. The van der Waals surface area contributed by atoms with Gasteiger partial charge in [0.15, 0.2) is 5.82 Å². The second kappa shape index (κ2) is 9.84. The van der Waals surface area contributed by atoms with E-state index in [1.807, 2.05) is 54.1 Å². The van der Waals surface area contributed by atoms with Gasteiger partial charge in [-0.3, -0.25) is 9.48 Å². The number of aryl methyl sites for hydroxylation is 2. The van der Waals surface area contributed by atoms with Gasteiger partial charge in [-0.05, 0) is 67.8 Å². The van der Waals surface area contributed by atoms with Gasteiger partial charge in [-0.15, -0.1) is 0 Å². The van der Waals surface area contributed by atoms with E-state index >= 15 is 0 Å². The summed E-state index contributed by atoms with van der Waals surface area (Å²) >= 11 is 12.2. The molecule has 5 rings (SSSR count). The first-order valence-corrected chi connectivity index (χ1v) is 12.5. The lowest BCUT2D eigenvalue weighted by atomic mass is 10.1. The third-order valence-corrected chi connectivity index (χ3v) is 7.36. The molecule has 0 unspecified atom stereocenters. The number of halogens is 2. The smallest absolute Gasteiger partial charge is 0.256 e. The molecule has 0 fully saturated rings. The van der Waals surface area contributed by atoms with Gasteiger partial charge >= 0.3 is 0 Å². The Morgan fingerprint density at radius 1 is 0.861 bits per heavy atom. The van der Waals surface area contributed by atoms with Crippen molar-refractivity contribution in [2.45, 2.75) is 33.9 Å². The van der Waals surface area contributed by atoms with Crippen molar-refractivity contribution in [3.05, 3.63) is 116 Å². The molecule has 2 heterocycles. The first-order valence-electron chi connectivity index (χ1n) is 11.7. The fraction of sp³-hybridized carbons (Fsp3) is 0.172. The molecule has 0 aliphatic heterocycles. The standard InChI is InChI=1S/C29H26Cl2N4O/c1-18-13-28(33-35(18)17-22-9-11-25(30)26(31)14-22)32-29(36)23-10-12-27-24(15-23)19(2)20(3)34(27)16-21-7-5-4-6-8-21/h4-15H,16-17H2,1-3H3,(H,32,33,36). The van der Waals surface area contributed by atoms with E-state index in [0.717, 1.165) is 28.7 Å². The van der Waals surface area contributed by atoms with E-state index in [2.05, 4.69) is 53.1 Å². The summed E-state index contributed by atoms with van der Waals surface area (Å²) in [6.45, 7) is 7.50. The average Bonchev–Trinajstić information content (AvgIpc) is 3.33. The van der Waals surface area contributed by atoms with Gasteiger partial charge in [-0.2, -0.15) is 5.10 Å². The number of carbonyl (C=O) groups is 1. The SMILES string of the molecule is Cc1c(C)n(Cc2ccccc2)c2ccc(C(=O)Nc3cc(C)n(Cc4ccc(Cl)c(Cl)c4)n3)cc12. The summed E-state index contributed by atoms with van der Waals surface area (Å²) < 4.78 is 4.13. The number of anilines is 1. The minimum absolute atomic E-state index is 0.191. The summed E-state index contributed by atoms with van der Waals surface area (Å²) in [5.74, 6) is 0.316. The van der Waals surface area contributed by atoms with Crippen LogP contribution < -0.4 is 5.32 Å². The number of carbonyl (C=O) groups excluding carboxylic acids is 1. The van der Waals surface area contributed by atoms with Crippen LogP contribution in [0.15, 0.2) is 72.8 Å². The molecular formula is C29H26Cl2N4O. The molecule has 0 bridgehead atoms. The molecule has 2 aromatic heterocycles. The topological polar surface area (TPSA) is 51.9 Å². The molecule has 1 amide bonds. The molecule has 36 heavy (non-hydrogen) atoms. The van der Waals surface area contributed by atoms with Crippen molar-refractivity contribution in [2.24, 2.45) is 0 Å². The van der Waals surface area contributed by atoms with Crippen molar-refractivity contribution < 1.29 is 4.79 Å². The van der Waals surface area contributed by atoms with Crippen molar-refractivity contribution in [1.29, 1.82) is 0 Å². The van der Waals surface area contributed by atoms with Gasteiger partial charge in [0, 0.05) is 40.5 Å². The Balaban J connectivity index is 1.36. The molecule has 0 aliphatic carbocycles. The highest BCUT2D eigenvalue weighted by Gasteiger charge is 2.16. The predicted molar refractivity (Wildman–Crippen MR) is 147 cm³/mol. The quantitative estimate of drug-likeness (QED) is 0.255. The molecule has 1 N–H and O–H groups in total. The van der Waals surface area contributed by atoms with Crippen LogP contribution in [-0.2, 0) is 13.1 Å². The number of hydrogen-bond donors (Lipinski definition) is 1. The largest absolute Gasteiger partial charge is 0.340 e. The maximum Gasteiger partial charge on any atom is 0.256 e. The molecule has 7 heteroatoms. The number of fused-ring (bicyclic) bond motifs is 1. The zero-order valence-electron chi connectivity index (χ0n) is 20.3. The van der Waals surface area contributed by atoms with Crippen LogP contribution in [0.5, 0.6) is 0 Å². The summed E-state index contributed by atoms with van der Waals surface area (Å²) in [4.78, 5) is 13.1. The highest BCUT2D eigenvalue weighted by Crippen LogP contribution is 2.28. The summed E-state index contributed by atoms with van der Waals surface area (Å²) in [5, 5.41) is 9.62. The number of benzene rings is 3. The second-order valence-electron chi connectivity index (χ2n) is 9.05. The zero-order chi connectivity index (χ0) is 25.4. The third kappa shape index (κ3) is 4.77. The third-order valence-electron chi connectivity index (χ3n) is 6.62. The van der Waals surface area contributed by atoms with Crippen molar-refractivity contribution in [2.75, 3.05) is 5.32 Å². The molecule has 0 radical (unpaired) electrons. The maximum atomic E-state index is 13.1. The van der Waals surface area contributed by atoms with E-state index in [1.165, 1.54) is 16.8 Å². The van der Waals surface area contributed by atoms with Gasteiger partial charge < -0.3 is 9.88 Å². The van der Waals surface area contributed by atoms with Crippen LogP contribution in [0, 0.1) is 20.8 Å². The zero-order valence-corrected chi connectivity index (χ0v) is 21.9. The van der Waals surface area contributed by atoms with Gasteiger partial charge in [0.1, 0.15) is 0 Å². The van der Waals surface area contributed by atoms with Gasteiger partial charge in [-0.1, -0.05) is 59.6 Å². The molecule has 5 aromatic rings. The van der Waals surface area contributed by atoms with E-state index in [4.69, 9.17) is 23.2 Å². The van der Waals surface area contributed by atoms with E-state index in [0.29, 0.717) is 28.0 Å². The summed E-state index contributed by atoms with van der Waals surface area (Å²) in [5.41, 5.74) is 7.24. The van der Waals surface area contributed by atoms with Crippen LogP contribution in [0.4, 0.5) is 5.82 Å². The van der Waals surface area contributed by atoms with Gasteiger partial charge in [0.05, 0.1) is 16.6 Å². The van der Waals surface area contributed by atoms with Gasteiger partial charge in [0.2, 0.25) is 0 Å². The lowest BCUT2D eigenvalue weighted by molar-refractivity contribution is 0.102. The fourth-order valence-corrected chi connectivity index (χ4v) is 4.81.